The highest BCUT2D eigenvalue weighted by Gasteiger charge is 2.29. The van der Waals surface area contributed by atoms with Crippen molar-refractivity contribution < 1.29 is 4.79 Å². The summed E-state index contributed by atoms with van der Waals surface area (Å²) in [4.78, 5) is 17.6. The Morgan fingerprint density at radius 3 is 2.72 bits per heavy atom. The minimum atomic E-state index is -0.555. The van der Waals surface area contributed by atoms with E-state index in [1.807, 2.05) is 4.90 Å². The minimum Gasteiger partial charge on any atom is -0.368 e. The Morgan fingerprint density at radius 1 is 1.44 bits per heavy atom. The number of primary amides is 1. The summed E-state index contributed by atoms with van der Waals surface area (Å²) in [5, 5.41) is 3.70. The average Bonchev–Trinajstić information content (AvgIpc) is 2.36. The van der Waals surface area contributed by atoms with Gasteiger partial charge in [0.25, 0.3) is 0 Å². The molecule has 1 aromatic heterocycles. The number of carbonyl (C=O) groups excluding carboxylic acids is 1. The predicted molar refractivity (Wildman–Crippen MR) is 70.6 cm³/mol. The molecule has 3 N–H and O–H groups in total. The van der Waals surface area contributed by atoms with Crippen LogP contribution in [0.3, 0.4) is 0 Å². The summed E-state index contributed by atoms with van der Waals surface area (Å²) < 4.78 is 0. The lowest BCUT2D eigenvalue weighted by molar-refractivity contribution is -0.123. The molecule has 1 fully saturated rings. The molecular formula is C11H14Cl2N4O. The Kier molecular flexibility index (Phi) is 4.40. The lowest BCUT2D eigenvalue weighted by Gasteiger charge is -2.33. The zero-order valence-corrected chi connectivity index (χ0v) is 11.2. The van der Waals surface area contributed by atoms with Crippen LogP contribution in [0.4, 0.5) is 0 Å². The number of carbonyl (C=O) groups is 1. The second kappa shape index (κ2) is 5.84. The number of nitrogens with one attached hydrogen (secondary N) is 1. The van der Waals surface area contributed by atoms with Crippen LogP contribution in [0.5, 0.6) is 0 Å². The van der Waals surface area contributed by atoms with Crippen LogP contribution in [0, 0.1) is 0 Å². The third-order valence-corrected chi connectivity index (χ3v) is 3.74. The zero-order chi connectivity index (χ0) is 13.1. The van der Waals surface area contributed by atoms with Crippen molar-refractivity contribution in [3.63, 3.8) is 0 Å². The van der Waals surface area contributed by atoms with Crippen molar-refractivity contribution in [2.75, 3.05) is 26.2 Å². The van der Waals surface area contributed by atoms with Gasteiger partial charge in [-0.2, -0.15) is 0 Å². The fourth-order valence-corrected chi connectivity index (χ4v) is 2.49. The highest BCUT2D eigenvalue weighted by molar-refractivity contribution is 6.41. The van der Waals surface area contributed by atoms with E-state index in [-0.39, 0.29) is 5.15 Å². The van der Waals surface area contributed by atoms with Gasteiger partial charge in [0.1, 0.15) is 11.2 Å². The van der Waals surface area contributed by atoms with Crippen LogP contribution >= 0.6 is 23.2 Å². The summed E-state index contributed by atoms with van der Waals surface area (Å²) in [5.41, 5.74) is 6.11. The first-order chi connectivity index (χ1) is 8.61. The van der Waals surface area contributed by atoms with Gasteiger partial charge in [-0.1, -0.05) is 23.2 Å². The van der Waals surface area contributed by atoms with Crippen molar-refractivity contribution in [3.8, 4) is 0 Å². The first kappa shape index (κ1) is 13.5. The quantitative estimate of drug-likeness (QED) is 0.808. The SMILES string of the molecule is NC(=O)C(c1ccnc(Cl)c1Cl)N1CCNCC1. The smallest absolute Gasteiger partial charge is 0.239 e. The molecule has 1 saturated heterocycles. The number of halogens is 2. The van der Waals surface area contributed by atoms with Gasteiger partial charge in [-0.3, -0.25) is 9.69 Å². The number of aromatic nitrogens is 1. The highest BCUT2D eigenvalue weighted by Crippen LogP contribution is 2.31. The van der Waals surface area contributed by atoms with E-state index in [4.69, 9.17) is 28.9 Å². The number of piperazine rings is 1. The molecule has 1 atom stereocenters. The number of amides is 1. The maximum absolute atomic E-state index is 11.7. The summed E-state index contributed by atoms with van der Waals surface area (Å²) in [6.45, 7) is 3.12. The topological polar surface area (TPSA) is 71.2 Å². The van der Waals surface area contributed by atoms with Gasteiger partial charge in [0.15, 0.2) is 0 Å². The van der Waals surface area contributed by atoms with E-state index in [1.54, 1.807) is 6.07 Å². The molecule has 1 amide bonds. The van der Waals surface area contributed by atoms with Gasteiger partial charge < -0.3 is 11.1 Å². The van der Waals surface area contributed by atoms with Crippen LogP contribution in [-0.4, -0.2) is 42.0 Å². The second-order valence-electron chi connectivity index (χ2n) is 4.10. The van der Waals surface area contributed by atoms with Crippen molar-refractivity contribution in [2.45, 2.75) is 6.04 Å². The molecule has 1 aliphatic heterocycles. The van der Waals surface area contributed by atoms with Gasteiger partial charge >= 0.3 is 0 Å². The number of nitrogens with two attached hydrogens (primary N) is 1. The third kappa shape index (κ3) is 2.75. The van der Waals surface area contributed by atoms with E-state index in [1.165, 1.54) is 6.20 Å². The molecule has 2 heterocycles. The first-order valence-corrected chi connectivity index (χ1v) is 6.41. The monoisotopic (exact) mass is 288 g/mol. The molecule has 7 heteroatoms. The summed E-state index contributed by atoms with van der Waals surface area (Å²) in [7, 11) is 0. The standard InChI is InChI=1S/C11H14Cl2N4O/c12-8-7(1-2-16-10(8)13)9(11(14)18)17-5-3-15-4-6-17/h1-2,9,15H,3-6H2,(H2,14,18). The number of rotatable bonds is 3. The predicted octanol–water partition coefficient (Wildman–Crippen LogP) is 0.820. The number of nitrogens with zero attached hydrogens (tertiary/aromatic N) is 2. The van der Waals surface area contributed by atoms with Crippen LogP contribution in [-0.2, 0) is 4.79 Å². The number of pyridine rings is 1. The van der Waals surface area contributed by atoms with Crippen LogP contribution in [0.25, 0.3) is 0 Å². The van der Waals surface area contributed by atoms with E-state index in [2.05, 4.69) is 10.3 Å². The van der Waals surface area contributed by atoms with E-state index in [9.17, 15) is 4.79 Å². The minimum absolute atomic E-state index is 0.190. The Morgan fingerprint density at radius 2 is 2.11 bits per heavy atom. The molecule has 98 valence electrons. The van der Waals surface area contributed by atoms with E-state index in [0.29, 0.717) is 10.6 Å². The van der Waals surface area contributed by atoms with Gasteiger partial charge in [0.05, 0.1) is 5.02 Å². The Hall–Kier alpha value is -0.880. The van der Waals surface area contributed by atoms with Crippen LogP contribution in [0.15, 0.2) is 12.3 Å². The molecule has 1 unspecified atom stereocenters. The highest BCUT2D eigenvalue weighted by atomic mass is 35.5. The summed E-state index contributed by atoms with van der Waals surface area (Å²) in [5.74, 6) is -0.430. The van der Waals surface area contributed by atoms with E-state index < -0.39 is 11.9 Å². The van der Waals surface area contributed by atoms with Crippen LogP contribution < -0.4 is 11.1 Å². The molecule has 0 radical (unpaired) electrons. The molecule has 0 aliphatic carbocycles. The second-order valence-corrected chi connectivity index (χ2v) is 4.83. The molecule has 0 aromatic carbocycles. The van der Waals surface area contributed by atoms with Gasteiger partial charge in [0, 0.05) is 37.9 Å². The fraction of sp³-hybridized carbons (Fsp3) is 0.455. The molecule has 18 heavy (non-hydrogen) atoms. The van der Waals surface area contributed by atoms with E-state index >= 15 is 0 Å². The van der Waals surface area contributed by atoms with Crippen molar-refractivity contribution >= 4 is 29.1 Å². The van der Waals surface area contributed by atoms with Crippen LogP contribution in [0.2, 0.25) is 10.2 Å². The molecule has 0 saturated carbocycles. The first-order valence-electron chi connectivity index (χ1n) is 5.65. The largest absolute Gasteiger partial charge is 0.368 e. The van der Waals surface area contributed by atoms with E-state index in [0.717, 1.165) is 26.2 Å². The summed E-state index contributed by atoms with van der Waals surface area (Å²) in [6.07, 6.45) is 1.53. The van der Waals surface area contributed by atoms with Gasteiger partial charge in [-0.05, 0) is 6.07 Å². The Labute approximate surface area is 115 Å². The third-order valence-electron chi connectivity index (χ3n) is 2.96. The molecular weight excluding hydrogens is 275 g/mol. The van der Waals surface area contributed by atoms with Crippen LogP contribution in [0.1, 0.15) is 11.6 Å². The van der Waals surface area contributed by atoms with Gasteiger partial charge in [-0.15, -0.1) is 0 Å². The van der Waals surface area contributed by atoms with Crippen molar-refractivity contribution in [3.05, 3.63) is 28.0 Å². The summed E-state index contributed by atoms with van der Waals surface area (Å²) in [6, 6.07) is 1.13. The Bertz CT molecular complexity index is 449. The molecule has 2 rings (SSSR count). The van der Waals surface area contributed by atoms with Crippen molar-refractivity contribution in [2.24, 2.45) is 5.73 Å². The molecule has 1 aliphatic rings. The lowest BCUT2D eigenvalue weighted by Crippen LogP contribution is -2.48. The van der Waals surface area contributed by atoms with Gasteiger partial charge in [-0.25, -0.2) is 4.98 Å². The molecule has 0 bridgehead atoms. The lowest BCUT2D eigenvalue weighted by atomic mass is 10.1. The molecule has 0 spiro atoms. The summed E-state index contributed by atoms with van der Waals surface area (Å²) >= 11 is 12.0. The fourth-order valence-electron chi connectivity index (χ4n) is 2.11. The normalized spacial score (nSPS) is 18.6. The Balaban J connectivity index is 2.34. The maximum Gasteiger partial charge on any atom is 0.239 e. The average molecular weight is 289 g/mol. The van der Waals surface area contributed by atoms with Crippen molar-refractivity contribution in [1.29, 1.82) is 0 Å². The zero-order valence-electron chi connectivity index (χ0n) is 9.70. The maximum atomic E-state index is 11.7. The number of hydrogen-bond donors (Lipinski definition) is 2. The number of hydrogen-bond acceptors (Lipinski definition) is 4. The molecule has 5 nitrogen and oxygen atoms in total. The van der Waals surface area contributed by atoms with Gasteiger partial charge in [0.2, 0.25) is 5.91 Å². The molecule has 1 aromatic rings. The van der Waals surface area contributed by atoms with Crippen molar-refractivity contribution in [1.82, 2.24) is 15.2 Å².